The monoisotopic (exact) mass is 320 g/mol. The predicted octanol–water partition coefficient (Wildman–Crippen LogP) is 3.72. The van der Waals surface area contributed by atoms with Crippen LogP contribution in [-0.4, -0.2) is 31.0 Å². The fourth-order valence-corrected chi connectivity index (χ4v) is 4.25. The SMILES string of the molecule is COc1ccc(OC)c([C@H]2CC(C)(O)[C@@H]3CC[C@@H](C)C[C@H]3O2)c1. The molecule has 0 amide bonds. The zero-order chi connectivity index (χ0) is 16.6. The third-order valence-corrected chi connectivity index (χ3v) is 5.57. The Labute approximate surface area is 138 Å². The number of benzene rings is 1. The van der Waals surface area contributed by atoms with Gasteiger partial charge in [0.25, 0.3) is 0 Å². The van der Waals surface area contributed by atoms with Gasteiger partial charge in [0.2, 0.25) is 0 Å². The summed E-state index contributed by atoms with van der Waals surface area (Å²) in [6.07, 6.45) is 3.77. The van der Waals surface area contributed by atoms with Crippen molar-refractivity contribution in [1.82, 2.24) is 0 Å². The molecule has 0 spiro atoms. The molecule has 2 aliphatic rings. The van der Waals surface area contributed by atoms with E-state index in [0.717, 1.165) is 29.9 Å². The van der Waals surface area contributed by atoms with Crippen molar-refractivity contribution in [1.29, 1.82) is 0 Å². The van der Waals surface area contributed by atoms with Gasteiger partial charge in [0, 0.05) is 17.9 Å². The summed E-state index contributed by atoms with van der Waals surface area (Å²) in [5.74, 6) is 2.45. The summed E-state index contributed by atoms with van der Waals surface area (Å²) >= 11 is 0. The lowest BCUT2D eigenvalue weighted by molar-refractivity contribution is -0.198. The summed E-state index contributed by atoms with van der Waals surface area (Å²) in [5, 5.41) is 11.0. The lowest BCUT2D eigenvalue weighted by Gasteiger charge is -2.49. The Hall–Kier alpha value is -1.26. The van der Waals surface area contributed by atoms with Crippen LogP contribution in [0.3, 0.4) is 0 Å². The minimum absolute atomic E-state index is 0.114. The van der Waals surface area contributed by atoms with Gasteiger partial charge in [-0.2, -0.15) is 0 Å². The van der Waals surface area contributed by atoms with Crippen molar-refractivity contribution in [2.24, 2.45) is 11.8 Å². The van der Waals surface area contributed by atoms with Gasteiger partial charge in [-0.05, 0) is 43.9 Å². The van der Waals surface area contributed by atoms with Crippen LogP contribution in [0.25, 0.3) is 0 Å². The van der Waals surface area contributed by atoms with E-state index in [2.05, 4.69) is 6.92 Å². The highest BCUT2D eigenvalue weighted by atomic mass is 16.5. The van der Waals surface area contributed by atoms with E-state index in [9.17, 15) is 5.11 Å². The second-order valence-electron chi connectivity index (χ2n) is 7.36. The normalized spacial score (nSPS) is 37.1. The first-order valence-corrected chi connectivity index (χ1v) is 8.54. The molecule has 23 heavy (non-hydrogen) atoms. The zero-order valence-corrected chi connectivity index (χ0v) is 14.5. The molecule has 4 heteroatoms. The van der Waals surface area contributed by atoms with E-state index in [-0.39, 0.29) is 18.1 Å². The summed E-state index contributed by atoms with van der Waals surface area (Å²) in [6, 6.07) is 5.75. The van der Waals surface area contributed by atoms with Crippen molar-refractivity contribution in [3.63, 3.8) is 0 Å². The molecule has 0 radical (unpaired) electrons. The van der Waals surface area contributed by atoms with Gasteiger partial charge in [0.05, 0.1) is 32.0 Å². The molecule has 1 N–H and O–H groups in total. The van der Waals surface area contributed by atoms with E-state index in [1.54, 1.807) is 14.2 Å². The van der Waals surface area contributed by atoms with Crippen LogP contribution in [-0.2, 0) is 4.74 Å². The van der Waals surface area contributed by atoms with Gasteiger partial charge in [-0.1, -0.05) is 13.3 Å². The van der Waals surface area contributed by atoms with E-state index in [4.69, 9.17) is 14.2 Å². The maximum atomic E-state index is 11.0. The van der Waals surface area contributed by atoms with Crippen LogP contribution in [0.15, 0.2) is 18.2 Å². The average Bonchev–Trinajstić information content (AvgIpc) is 2.52. The molecule has 5 atom stereocenters. The molecule has 1 saturated heterocycles. The molecule has 1 aliphatic heterocycles. The van der Waals surface area contributed by atoms with E-state index in [1.165, 1.54) is 6.42 Å². The first-order valence-electron chi connectivity index (χ1n) is 8.54. The molecule has 1 aliphatic carbocycles. The Morgan fingerprint density at radius 3 is 2.70 bits per heavy atom. The maximum absolute atomic E-state index is 11.0. The number of hydrogen-bond donors (Lipinski definition) is 1. The Balaban J connectivity index is 1.91. The van der Waals surface area contributed by atoms with E-state index in [0.29, 0.717) is 12.3 Å². The summed E-state index contributed by atoms with van der Waals surface area (Å²) < 4.78 is 17.3. The maximum Gasteiger partial charge on any atom is 0.124 e. The third-order valence-electron chi connectivity index (χ3n) is 5.57. The standard InChI is InChI=1S/C19H28O4/c1-12-5-7-15-17(9-12)23-18(11-19(15,2)20)14-10-13(21-3)6-8-16(14)22-4/h6,8,10,12,15,17-18,20H,5,7,9,11H2,1-4H3/t12-,15-,17-,18-,19?/m1/s1. The average molecular weight is 320 g/mol. The van der Waals surface area contributed by atoms with E-state index in [1.807, 2.05) is 25.1 Å². The van der Waals surface area contributed by atoms with Crippen molar-refractivity contribution >= 4 is 0 Å². The number of hydrogen-bond acceptors (Lipinski definition) is 4. The highest BCUT2D eigenvalue weighted by molar-refractivity contribution is 5.42. The van der Waals surface area contributed by atoms with Gasteiger partial charge in [-0.15, -0.1) is 0 Å². The van der Waals surface area contributed by atoms with Crippen molar-refractivity contribution < 1.29 is 19.3 Å². The van der Waals surface area contributed by atoms with E-state index >= 15 is 0 Å². The molecule has 0 aromatic heterocycles. The van der Waals surface area contributed by atoms with Crippen LogP contribution in [0.1, 0.15) is 51.2 Å². The molecule has 0 bridgehead atoms. The van der Waals surface area contributed by atoms with Gasteiger partial charge in [-0.25, -0.2) is 0 Å². The van der Waals surface area contributed by atoms with Crippen molar-refractivity contribution in [2.45, 2.75) is 57.3 Å². The van der Waals surface area contributed by atoms with Crippen molar-refractivity contribution in [2.75, 3.05) is 14.2 Å². The summed E-state index contributed by atoms with van der Waals surface area (Å²) in [7, 11) is 3.32. The Kier molecular flexibility index (Phi) is 4.56. The van der Waals surface area contributed by atoms with Crippen LogP contribution < -0.4 is 9.47 Å². The molecule has 1 heterocycles. The van der Waals surface area contributed by atoms with Gasteiger partial charge in [-0.3, -0.25) is 0 Å². The Morgan fingerprint density at radius 2 is 2.00 bits per heavy atom. The topological polar surface area (TPSA) is 47.9 Å². The van der Waals surface area contributed by atoms with Crippen molar-refractivity contribution in [3.05, 3.63) is 23.8 Å². The third kappa shape index (κ3) is 3.20. The minimum atomic E-state index is -0.707. The molecule has 3 rings (SSSR count). The molecule has 2 fully saturated rings. The summed E-state index contributed by atoms with van der Waals surface area (Å²) in [6.45, 7) is 4.23. The van der Waals surface area contributed by atoms with Gasteiger partial charge < -0.3 is 19.3 Å². The molecule has 1 aromatic carbocycles. The van der Waals surface area contributed by atoms with Gasteiger partial charge in [0.15, 0.2) is 0 Å². The first-order chi connectivity index (χ1) is 10.9. The molecular formula is C19H28O4. The predicted molar refractivity (Wildman–Crippen MR) is 88.9 cm³/mol. The van der Waals surface area contributed by atoms with Crippen LogP contribution in [0.4, 0.5) is 0 Å². The number of rotatable bonds is 3. The van der Waals surface area contributed by atoms with Crippen LogP contribution in [0.2, 0.25) is 0 Å². The molecule has 1 aromatic rings. The Bertz CT molecular complexity index is 554. The van der Waals surface area contributed by atoms with E-state index < -0.39 is 5.60 Å². The number of fused-ring (bicyclic) bond motifs is 1. The number of methoxy groups -OCH3 is 2. The second kappa shape index (κ2) is 6.33. The Morgan fingerprint density at radius 1 is 1.22 bits per heavy atom. The van der Waals surface area contributed by atoms with Gasteiger partial charge >= 0.3 is 0 Å². The highest BCUT2D eigenvalue weighted by Crippen LogP contribution is 2.49. The smallest absolute Gasteiger partial charge is 0.124 e. The highest BCUT2D eigenvalue weighted by Gasteiger charge is 2.48. The fraction of sp³-hybridized carbons (Fsp3) is 0.684. The van der Waals surface area contributed by atoms with Crippen LogP contribution >= 0.6 is 0 Å². The summed E-state index contributed by atoms with van der Waals surface area (Å²) in [5.41, 5.74) is 0.255. The van der Waals surface area contributed by atoms with Crippen LogP contribution in [0.5, 0.6) is 11.5 Å². The molecule has 1 saturated carbocycles. The zero-order valence-electron chi connectivity index (χ0n) is 14.5. The summed E-state index contributed by atoms with van der Waals surface area (Å²) in [4.78, 5) is 0. The molecule has 128 valence electrons. The number of aliphatic hydroxyl groups is 1. The van der Waals surface area contributed by atoms with Crippen LogP contribution in [0, 0.1) is 11.8 Å². The second-order valence-corrected chi connectivity index (χ2v) is 7.36. The number of ether oxygens (including phenoxy) is 3. The lowest BCUT2D eigenvalue weighted by atomic mass is 9.68. The van der Waals surface area contributed by atoms with Crippen molar-refractivity contribution in [3.8, 4) is 11.5 Å². The first kappa shape index (κ1) is 16.6. The largest absolute Gasteiger partial charge is 0.497 e. The quantitative estimate of drug-likeness (QED) is 0.922. The fourth-order valence-electron chi connectivity index (χ4n) is 4.25. The lowest BCUT2D eigenvalue weighted by Crippen LogP contribution is -2.51. The minimum Gasteiger partial charge on any atom is -0.497 e. The molecule has 1 unspecified atom stereocenters. The van der Waals surface area contributed by atoms with Gasteiger partial charge in [0.1, 0.15) is 11.5 Å². The molecular weight excluding hydrogens is 292 g/mol. The molecule has 4 nitrogen and oxygen atoms in total.